The smallest absolute Gasteiger partial charge is 0.179 e. The molecule has 0 fully saturated rings. The van der Waals surface area contributed by atoms with Crippen molar-refractivity contribution in [1.82, 2.24) is 9.13 Å². The zero-order valence-corrected chi connectivity index (χ0v) is 43.9. The van der Waals surface area contributed by atoms with Crippen LogP contribution in [0.5, 0.6) is 0 Å². The molecule has 2 aromatic heterocycles. The molecule has 14 aromatic rings. The van der Waals surface area contributed by atoms with Gasteiger partial charge >= 0.3 is 0 Å². The maximum atomic E-state index is 14.8. The molecule has 0 spiro atoms. The lowest BCUT2D eigenvalue weighted by Gasteiger charge is -2.35. The van der Waals surface area contributed by atoms with Crippen molar-refractivity contribution in [1.29, 1.82) is 0 Å². The highest BCUT2D eigenvalue weighted by atomic mass is 28.3. The number of anilines is 6. The number of aromatic nitrogens is 2. The molecule has 376 valence electrons. The molecule has 0 radical (unpaired) electrons. The van der Waals surface area contributed by atoms with E-state index in [0.29, 0.717) is 0 Å². The van der Waals surface area contributed by atoms with Crippen LogP contribution < -0.4 is 30.5 Å². The van der Waals surface area contributed by atoms with Gasteiger partial charge in [-0.05, 0) is 166 Å². The fourth-order valence-electron chi connectivity index (χ4n) is 12.1. The van der Waals surface area contributed by atoms with Crippen LogP contribution in [-0.4, -0.2) is 17.2 Å². The van der Waals surface area contributed by atoms with E-state index in [1.807, 2.05) is 36.4 Å². The molecule has 0 aliphatic carbocycles. The second-order valence-electron chi connectivity index (χ2n) is 20.0. The van der Waals surface area contributed by atoms with Crippen LogP contribution in [0.15, 0.2) is 303 Å². The Hall–Kier alpha value is -10.1. The monoisotopic (exact) mass is 1040 g/mol. The molecule has 12 aromatic carbocycles. The van der Waals surface area contributed by atoms with Crippen molar-refractivity contribution in [2.24, 2.45) is 0 Å². The summed E-state index contributed by atoms with van der Waals surface area (Å²) in [5.74, 6) is -0.580. The molecule has 4 nitrogen and oxygen atoms in total. The topological polar surface area (TPSA) is 16.3 Å². The van der Waals surface area contributed by atoms with Crippen molar-refractivity contribution in [3.8, 4) is 11.4 Å². The molecule has 0 atom stereocenters. The lowest BCUT2D eigenvalue weighted by atomic mass is 10.1. The molecule has 0 amide bonds. The summed E-state index contributed by atoms with van der Waals surface area (Å²) in [6.07, 6.45) is 0. The first-order chi connectivity index (χ1) is 39.0. The minimum Gasteiger partial charge on any atom is -0.310 e. The van der Waals surface area contributed by atoms with Crippen molar-refractivity contribution in [2.75, 3.05) is 9.80 Å². The van der Waals surface area contributed by atoms with Crippen molar-refractivity contribution in [3.63, 3.8) is 0 Å². The van der Waals surface area contributed by atoms with E-state index in [-0.39, 0.29) is 11.6 Å². The zero-order chi connectivity index (χ0) is 52.9. The maximum absolute atomic E-state index is 14.8. The summed E-state index contributed by atoms with van der Waals surface area (Å²) in [6, 6.07) is 105. The van der Waals surface area contributed by atoms with Crippen molar-refractivity contribution in [3.05, 3.63) is 315 Å². The summed E-state index contributed by atoms with van der Waals surface area (Å²) in [4.78, 5) is 4.45. The Labute approximate surface area is 458 Å². The second-order valence-corrected chi connectivity index (χ2v) is 23.8. The molecule has 0 N–H and O–H groups in total. The number of fused-ring (bicyclic) bond motifs is 6. The largest absolute Gasteiger partial charge is 0.310 e. The number of benzene rings is 12. The second kappa shape index (κ2) is 19.8. The average molecular weight is 1040 g/mol. The van der Waals surface area contributed by atoms with Crippen LogP contribution in [0, 0.1) is 11.6 Å². The van der Waals surface area contributed by atoms with Gasteiger partial charge in [0.05, 0.1) is 22.1 Å². The molecule has 0 saturated heterocycles. The molecular weight excluding hydrogens is 987 g/mol. The van der Waals surface area contributed by atoms with Crippen molar-refractivity contribution >= 4 is 107 Å². The normalized spacial score (nSPS) is 11.7. The third kappa shape index (κ3) is 8.18. The summed E-state index contributed by atoms with van der Waals surface area (Å²) in [5, 5.41) is 9.45. The number of halogens is 2. The standard InChI is InChI=1S/C72H50F2N4Si/c73-51-29-33-55(34-30-51)75(59-41-47-71-67(49-59)65-25-13-15-27-69(65)77(71)53-17-5-1-6-18-53)57-37-43-63(44-38-57)79(61-21-9-3-10-22-61,62-23-11-4-12-24-62)64-45-39-58(40-46-64)76(56-35-31-52(74)32-36-56)60-42-48-72-68(50-60)66-26-14-16-28-70(66)78(72)54-19-7-2-8-20-54/h1-50H. The third-order valence-corrected chi connectivity index (χ3v) is 20.4. The molecule has 0 aliphatic heterocycles. The van der Waals surface area contributed by atoms with E-state index in [1.165, 1.54) is 45.0 Å². The first-order valence-electron chi connectivity index (χ1n) is 26.6. The molecule has 7 heteroatoms. The Balaban J connectivity index is 0.914. The molecule has 0 saturated carbocycles. The number of para-hydroxylation sites is 4. The molecule has 79 heavy (non-hydrogen) atoms. The zero-order valence-electron chi connectivity index (χ0n) is 42.9. The van der Waals surface area contributed by atoms with E-state index in [9.17, 15) is 8.78 Å². The first-order valence-corrected chi connectivity index (χ1v) is 28.6. The van der Waals surface area contributed by atoms with Gasteiger partial charge in [-0.3, -0.25) is 0 Å². The Bertz CT molecular complexity index is 4180. The average Bonchev–Trinajstić information content (AvgIpc) is 4.28. The van der Waals surface area contributed by atoms with Crippen LogP contribution in [0.2, 0.25) is 0 Å². The molecular formula is C72H50F2N4Si. The van der Waals surface area contributed by atoms with Gasteiger partial charge in [-0.2, -0.15) is 0 Å². The van der Waals surface area contributed by atoms with Crippen LogP contribution >= 0.6 is 0 Å². The van der Waals surface area contributed by atoms with Crippen molar-refractivity contribution < 1.29 is 8.78 Å². The van der Waals surface area contributed by atoms with E-state index >= 15 is 0 Å². The highest BCUT2D eigenvalue weighted by Gasteiger charge is 2.41. The maximum Gasteiger partial charge on any atom is 0.179 e. The van der Waals surface area contributed by atoms with Gasteiger partial charge in [0.25, 0.3) is 0 Å². The molecule has 14 rings (SSSR count). The van der Waals surface area contributed by atoms with Gasteiger partial charge in [0.1, 0.15) is 11.6 Å². The van der Waals surface area contributed by atoms with Crippen molar-refractivity contribution in [2.45, 2.75) is 0 Å². The van der Waals surface area contributed by atoms with Crippen LogP contribution in [0.3, 0.4) is 0 Å². The number of hydrogen-bond donors (Lipinski definition) is 0. The fraction of sp³-hybridized carbons (Fsp3) is 0. The van der Waals surface area contributed by atoms with Crippen LogP contribution in [0.25, 0.3) is 55.0 Å². The lowest BCUT2D eigenvalue weighted by Crippen LogP contribution is -2.74. The lowest BCUT2D eigenvalue weighted by molar-refractivity contribution is 0.627. The number of hydrogen-bond acceptors (Lipinski definition) is 2. The molecule has 0 aliphatic rings. The highest BCUT2D eigenvalue weighted by Crippen LogP contribution is 2.42. The predicted octanol–water partition coefficient (Wildman–Crippen LogP) is 16.5. The SMILES string of the molecule is Fc1ccc(N(c2ccc([Si](c3ccccc3)(c3ccccc3)c3ccc(N(c4ccc(F)cc4)c4ccc5c(c4)c4ccccc4n5-c4ccccc4)cc3)cc2)c2ccc3c(c2)c2ccccc2n3-c2ccccc2)cc1. The van der Waals surface area contributed by atoms with Gasteiger partial charge in [0.15, 0.2) is 8.07 Å². The van der Waals surface area contributed by atoms with E-state index < -0.39 is 8.07 Å². The van der Waals surface area contributed by atoms with E-state index in [2.05, 4.69) is 262 Å². The summed E-state index contributed by atoms with van der Waals surface area (Å²) in [5.41, 5.74) is 12.1. The van der Waals surface area contributed by atoms with Crippen LogP contribution in [-0.2, 0) is 0 Å². The number of nitrogens with zero attached hydrogens (tertiary/aromatic N) is 4. The minimum atomic E-state index is -3.08. The Morgan fingerprint density at radius 3 is 0.886 bits per heavy atom. The molecule has 0 bridgehead atoms. The van der Waals surface area contributed by atoms with E-state index in [4.69, 9.17) is 0 Å². The third-order valence-electron chi connectivity index (χ3n) is 15.6. The quantitative estimate of drug-likeness (QED) is 0.0896. The van der Waals surface area contributed by atoms with E-state index in [1.54, 1.807) is 0 Å². The highest BCUT2D eigenvalue weighted by molar-refractivity contribution is 7.19. The van der Waals surface area contributed by atoms with Crippen LogP contribution in [0.4, 0.5) is 42.9 Å². The van der Waals surface area contributed by atoms with Gasteiger partial charge in [-0.15, -0.1) is 0 Å². The molecule has 0 unspecified atom stereocenters. The predicted molar refractivity (Wildman–Crippen MR) is 328 cm³/mol. The number of rotatable bonds is 12. The summed E-state index contributed by atoms with van der Waals surface area (Å²) in [7, 11) is -3.08. The molecule has 2 heterocycles. The Morgan fingerprint density at radius 1 is 0.241 bits per heavy atom. The van der Waals surface area contributed by atoms with Gasteiger partial charge < -0.3 is 18.9 Å². The minimum absolute atomic E-state index is 0.290. The van der Waals surface area contributed by atoms with E-state index in [0.717, 1.165) is 89.1 Å². The summed E-state index contributed by atoms with van der Waals surface area (Å²) >= 11 is 0. The Morgan fingerprint density at radius 2 is 0.519 bits per heavy atom. The summed E-state index contributed by atoms with van der Waals surface area (Å²) in [6.45, 7) is 0. The van der Waals surface area contributed by atoms with Gasteiger partial charge in [0, 0.05) is 67.0 Å². The Kier molecular flexibility index (Phi) is 11.9. The van der Waals surface area contributed by atoms with Gasteiger partial charge in [-0.1, -0.05) is 158 Å². The van der Waals surface area contributed by atoms with Gasteiger partial charge in [-0.25, -0.2) is 8.78 Å². The van der Waals surface area contributed by atoms with Crippen LogP contribution in [0.1, 0.15) is 0 Å². The first kappa shape index (κ1) is 47.4. The summed E-state index contributed by atoms with van der Waals surface area (Å²) < 4.78 is 34.2. The fourth-order valence-corrected chi connectivity index (χ4v) is 16.8. The van der Waals surface area contributed by atoms with Gasteiger partial charge in [0.2, 0.25) is 0 Å².